The first-order valence-corrected chi connectivity index (χ1v) is 5.99. The van der Waals surface area contributed by atoms with Gasteiger partial charge in [0.2, 0.25) is 5.91 Å². The molecular formula is C12H22N4O. The standard InChI is InChI=1S/C12H22N4O/c1-9(2)10(13)8-12(17)15-5-4-11-14-6-7-16(11)3/h6-7,9-10H,4-5,8,13H2,1-3H3,(H,15,17). The van der Waals surface area contributed by atoms with E-state index >= 15 is 0 Å². The Labute approximate surface area is 102 Å². The Hall–Kier alpha value is -1.36. The van der Waals surface area contributed by atoms with Crippen molar-refractivity contribution in [3.05, 3.63) is 18.2 Å². The van der Waals surface area contributed by atoms with Gasteiger partial charge < -0.3 is 15.6 Å². The first-order chi connectivity index (χ1) is 8.00. The number of rotatable bonds is 6. The molecule has 0 radical (unpaired) electrons. The second-order valence-corrected chi connectivity index (χ2v) is 4.67. The molecule has 1 amide bonds. The Bertz CT molecular complexity index is 359. The summed E-state index contributed by atoms with van der Waals surface area (Å²) in [4.78, 5) is 15.7. The molecule has 5 heteroatoms. The van der Waals surface area contributed by atoms with Crippen LogP contribution in [-0.4, -0.2) is 28.0 Å². The van der Waals surface area contributed by atoms with E-state index in [0.29, 0.717) is 18.9 Å². The number of nitrogens with two attached hydrogens (primary N) is 1. The summed E-state index contributed by atoms with van der Waals surface area (Å²) >= 11 is 0. The van der Waals surface area contributed by atoms with E-state index in [0.717, 1.165) is 12.2 Å². The maximum atomic E-state index is 11.6. The predicted molar refractivity (Wildman–Crippen MR) is 67.4 cm³/mol. The van der Waals surface area contributed by atoms with Crippen molar-refractivity contribution in [2.45, 2.75) is 32.7 Å². The molecule has 0 fully saturated rings. The predicted octanol–water partition coefficient (Wildman–Crippen LogP) is 0.452. The van der Waals surface area contributed by atoms with Gasteiger partial charge in [-0.1, -0.05) is 13.8 Å². The summed E-state index contributed by atoms with van der Waals surface area (Å²) < 4.78 is 1.95. The van der Waals surface area contributed by atoms with E-state index in [-0.39, 0.29) is 11.9 Å². The average Bonchev–Trinajstić information content (AvgIpc) is 2.64. The van der Waals surface area contributed by atoms with Gasteiger partial charge in [-0.15, -0.1) is 0 Å². The Kier molecular flexibility index (Phi) is 5.15. The van der Waals surface area contributed by atoms with Gasteiger partial charge in [0, 0.05) is 44.9 Å². The van der Waals surface area contributed by atoms with Crippen molar-refractivity contribution in [1.82, 2.24) is 14.9 Å². The minimum absolute atomic E-state index is 0.0143. The second-order valence-electron chi connectivity index (χ2n) is 4.67. The number of carbonyl (C=O) groups is 1. The summed E-state index contributed by atoms with van der Waals surface area (Å²) in [5, 5.41) is 2.86. The molecule has 1 aromatic rings. The van der Waals surface area contributed by atoms with E-state index in [1.807, 2.05) is 31.7 Å². The van der Waals surface area contributed by atoms with Crippen LogP contribution in [0.15, 0.2) is 12.4 Å². The van der Waals surface area contributed by atoms with E-state index in [1.165, 1.54) is 0 Å². The molecule has 1 aromatic heterocycles. The van der Waals surface area contributed by atoms with Crippen LogP contribution in [0.1, 0.15) is 26.1 Å². The molecule has 0 aliphatic heterocycles. The fourth-order valence-corrected chi connectivity index (χ4v) is 1.47. The molecule has 0 bridgehead atoms. The second kappa shape index (κ2) is 6.39. The van der Waals surface area contributed by atoms with Gasteiger partial charge in [-0.3, -0.25) is 4.79 Å². The molecule has 1 atom stereocenters. The topological polar surface area (TPSA) is 72.9 Å². The molecular weight excluding hydrogens is 216 g/mol. The van der Waals surface area contributed by atoms with Crippen molar-refractivity contribution in [3.8, 4) is 0 Å². The molecule has 0 aliphatic rings. The van der Waals surface area contributed by atoms with Crippen LogP contribution in [0.3, 0.4) is 0 Å². The van der Waals surface area contributed by atoms with E-state index in [4.69, 9.17) is 5.73 Å². The van der Waals surface area contributed by atoms with Crippen LogP contribution in [0.5, 0.6) is 0 Å². The van der Waals surface area contributed by atoms with Gasteiger partial charge >= 0.3 is 0 Å². The number of nitrogens with zero attached hydrogens (tertiary/aromatic N) is 2. The number of hydrogen-bond acceptors (Lipinski definition) is 3. The lowest BCUT2D eigenvalue weighted by atomic mass is 10.0. The molecule has 1 rings (SSSR count). The van der Waals surface area contributed by atoms with E-state index in [9.17, 15) is 4.79 Å². The summed E-state index contributed by atoms with van der Waals surface area (Å²) in [6, 6.07) is -0.0665. The molecule has 1 unspecified atom stereocenters. The molecule has 96 valence electrons. The highest BCUT2D eigenvalue weighted by atomic mass is 16.1. The number of imidazole rings is 1. The summed E-state index contributed by atoms with van der Waals surface area (Å²) in [5.41, 5.74) is 5.83. The minimum Gasteiger partial charge on any atom is -0.356 e. The lowest BCUT2D eigenvalue weighted by Crippen LogP contribution is -2.35. The largest absolute Gasteiger partial charge is 0.356 e. The molecule has 0 saturated carbocycles. The van der Waals surface area contributed by atoms with Gasteiger partial charge in [-0.2, -0.15) is 0 Å². The molecule has 5 nitrogen and oxygen atoms in total. The van der Waals surface area contributed by atoms with Gasteiger partial charge in [0.05, 0.1) is 0 Å². The highest BCUT2D eigenvalue weighted by Gasteiger charge is 2.12. The zero-order valence-corrected chi connectivity index (χ0v) is 10.8. The van der Waals surface area contributed by atoms with Crippen molar-refractivity contribution in [3.63, 3.8) is 0 Å². The third-order valence-corrected chi connectivity index (χ3v) is 2.87. The molecule has 3 N–H and O–H groups in total. The molecule has 0 aromatic carbocycles. The smallest absolute Gasteiger partial charge is 0.221 e. The molecule has 0 spiro atoms. The van der Waals surface area contributed by atoms with Crippen LogP contribution < -0.4 is 11.1 Å². The summed E-state index contributed by atoms with van der Waals surface area (Å²) in [7, 11) is 1.94. The normalized spacial score (nSPS) is 12.8. The van der Waals surface area contributed by atoms with Gasteiger partial charge in [0.15, 0.2) is 0 Å². The van der Waals surface area contributed by atoms with Gasteiger partial charge in [0.1, 0.15) is 5.82 Å². The first kappa shape index (κ1) is 13.7. The molecule has 1 heterocycles. The Morgan fingerprint density at radius 1 is 1.59 bits per heavy atom. The summed E-state index contributed by atoms with van der Waals surface area (Å²) in [5.74, 6) is 1.31. The number of carbonyl (C=O) groups excluding carboxylic acids is 1. The Morgan fingerprint density at radius 2 is 2.29 bits per heavy atom. The van der Waals surface area contributed by atoms with Gasteiger partial charge in [-0.25, -0.2) is 4.98 Å². The molecule has 17 heavy (non-hydrogen) atoms. The molecule has 0 saturated heterocycles. The SMILES string of the molecule is CC(C)C(N)CC(=O)NCCc1nccn1C. The monoisotopic (exact) mass is 238 g/mol. The van der Waals surface area contributed by atoms with E-state index < -0.39 is 0 Å². The third kappa shape index (κ3) is 4.56. The number of nitrogens with one attached hydrogen (secondary N) is 1. The van der Waals surface area contributed by atoms with Crippen LogP contribution in [0, 0.1) is 5.92 Å². The van der Waals surface area contributed by atoms with Crippen molar-refractivity contribution in [2.24, 2.45) is 18.7 Å². The number of amides is 1. The average molecular weight is 238 g/mol. The Balaban J connectivity index is 2.23. The van der Waals surface area contributed by atoms with Crippen LogP contribution in [0.2, 0.25) is 0 Å². The van der Waals surface area contributed by atoms with Crippen LogP contribution in [0.4, 0.5) is 0 Å². The van der Waals surface area contributed by atoms with Gasteiger partial charge in [0.25, 0.3) is 0 Å². The number of hydrogen-bond donors (Lipinski definition) is 2. The maximum absolute atomic E-state index is 11.6. The summed E-state index contributed by atoms with van der Waals surface area (Å²) in [6.45, 7) is 4.65. The van der Waals surface area contributed by atoms with Crippen LogP contribution >= 0.6 is 0 Å². The number of aryl methyl sites for hydroxylation is 1. The van der Waals surface area contributed by atoms with E-state index in [1.54, 1.807) is 6.20 Å². The van der Waals surface area contributed by atoms with Crippen molar-refractivity contribution < 1.29 is 4.79 Å². The van der Waals surface area contributed by atoms with E-state index in [2.05, 4.69) is 10.3 Å². The van der Waals surface area contributed by atoms with Gasteiger partial charge in [-0.05, 0) is 5.92 Å². The first-order valence-electron chi connectivity index (χ1n) is 5.99. The fraction of sp³-hybridized carbons (Fsp3) is 0.667. The van der Waals surface area contributed by atoms with Crippen molar-refractivity contribution in [2.75, 3.05) is 6.54 Å². The third-order valence-electron chi connectivity index (χ3n) is 2.87. The van der Waals surface area contributed by atoms with Crippen molar-refractivity contribution >= 4 is 5.91 Å². The Morgan fingerprint density at radius 3 is 2.82 bits per heavy atom. The van der Waals surface area contributed by atoms with Crippen LogP contribution in [-0.2, 0) is 18.3 Å². The summed E-state index contributed by atoms with van der Waals surface area (Å²) in [6.07, 6.45) is 4.78. The fourth-order valence-electron chi connectivity index (χ4n) is 1.47. The lowest BCUT2D eigenvalue weighted by Gasteiger charge is -2.14. The minimum atomic E-state index is -0.0665. The molecule has 0 aliphatic carbocycles. The van der Waals surface area contributed by atoms with Crippen LogP contribution in [0.25, 0.3) is 0 Å². The highest BCUT2D eigenvalue weighted by Crippen LogP contribution is 2.02. The maximum Gasteiger partial charge on any atom is 0.221 e. The zero-order chi connectivity index (χ0) is 12.8. The highest BCUT2D eigenvalue weighted by molar-refractivity contribution is 5.76. The quantitative estimate of drug-likeness (QED) is 0.756. The lowest BCUT2D eigenvalue weighted by molar-refractivity contribution is -0.121. The van der Waals surface area contributed by atoms with Crippen molar-refractivity contribution in [1.29, 1.82) is 0 Å². The zero-order valence-electron chi connectivity index (χ0n) is 10.8. The number of aromatic nitrogens is 2.